The second kappa shape index (κ2) is 8.21. The van der Waals surface area contributed by atoms with Crippen molar-refractivity contribution in [2.45, 2.75) is 13.3 Å². The Morgan fingerprint density at radius 3 is 2.57 bits per heavy atom. The van der Waals surface area contributed by atoms with E-state index in [2.05, 4.69) is 0 Å². The van der Waals surface area contributed by atoms with Gasteiger partial charge in [-0.1, -0.05) is 37.3 Å². The lowest BCUT2D eigenvalue weighted by atomic mass is 10.1. The summed E-state index contributed by atoms with van der Waals surface area (Å²) in [5, 5.41) is 0.271. The first kappa shape index (κ1) is 19.4. The number of carbonyl (C=O) groups is 1. The van der Waals surface area contributed by atoms with Gasteiger partial charge >= 0.3 is 5.97 Å². The molecular formula is C24H17FO5. The molecule has 4 rings (SSSR count). The summed E-state index contributed by atoms with van der Waals surface area (Å²) < 4.78 is 30.3. The lowest BCUT2D eigenvalue weighted by Gasteiger charge is -2.10. The Balaban J connectivity index is 1.62. The zero-order chi connectivity index (χ0) is 21.1. The summed E-state index contributed by atoms with van der Waals surface area (Å²) in [5.74, 6) is -0.750. The van der Waals surface area contributed by atoms with E-state index in [1.54, 1.807) is 6.07 Å². The average molecular weight is 404 g/mol. The van der Waals surface area contributed by atoms with Crippen molar-refractivity contribution < 1.29 is 23.1 Å². The molecule has 0 aliphatic carbocycles. The number of rotatable bonds is 5. The first-order valence-corrected chi connectivity index (χ1v) is 9.35. The number of carbonyl (C=O) groups excluding carboxylic acids is 1. The molecule has 6 heteroatoms. The van der Waals surface area contributed by atoms with Gasteiger partial charge in [-0.05, 0) is 42.3 Å². The van der Waals surface area contributed by atoms with E-state index in [0.717, 1.165) is 12.0 Å². The summed E-state index contributed by atoms with van der Waals surface area (Å²) in [4.78, 5) is 25.0. The highest BCUT2D eigenvalue weighted by Crippen LogP contribution is 2.27. The topological polar surface area (TPSA) is 65.7 Å². The highest BCUT2D eigenvalue weighted by Gasteiger charge is 2.15. The smallest absolute Gasteiger partial charge is 0.346 e. The van der Waals surface area contributed by atoms with E-state index in [0.29, 0.717) is 5.75 Å². The molecule has 150 valence electrons. The molecule has 0 amide bonds. The molecule has 30 heavy (non-hydrogen) atoms. The van der Waals surface area contributed by atoms with Crippen molar-refractivity contribution in [1.29, 1.82) is 0 Å². The largest absolute Gasteiger partial charge is 0.460 e. The Bertz CT molecular complexity index is 1290. The number of benzene rings is 3. The molecule has 0 aliphatic rings. The monoisotopic (exact) mass is 404 g/mol. The predicted molar refractivity (Wildman–Crippen MR) is 110 cm³/mol. The number of halogens is 1. The van der Waals surface area contributed by atoms with Crippen LogP contribution in [-0.2, 0) is 6.42 Å². The van der Waals surface area contributed by atoms with Crippen molar-refractivity contribution in [3.63, 3.8) is 0 Å². The summed E-state index contributed by atoms with van der Waals surface area (Å²) in [6, 6.07) is 17.3. The lowest BCUT2D eigenvalue weighted by Crippen LogP contribution is -2.11. The van der Waals surface area contributed by atoms with Crippen molar-refractivity contribution >= 4 is 16.9 Å². The summed E-state index contributed by atoms with van der Waals surface area (Å²) in [6.07, 6.45) is 1.98. The van der Waals surface area contributed by atoms with Crippen LogP contribution in [0.2, 0.25) is 0 Å². The fraction of sp³-hybridized carbons (Fsp3) is 0.0833. The molecule has 0 aliphatic heterocycles. The zero-order valence-corrected chi connectivity index (χ0v) is 16.1. The molecule has 0 saturated heterocycles. The Morgan fingerprint density at radius 1 is 1.00 bits per heavy atom. The van der Waals surface area contributed by atoms with Gasteiger partial charge in [0.25, 0.3) is 0 Å². The summed E-state index contributed by atoms with van der Waals surface area (Å²) in [6.45, 7) is 2.00. The van der Waals surface area contributed by atoms with Crippen LogP contribution in [0, 0.1) is 5.82 Å². The SMILES string of the molecule is CCc1ccccc1Oc1coc2cc(OC(=O)c3ccccc3F)ccc2c1=O. The third-order valence-electron chi connectivity index (χ3n) is 4.59. The second-order valence-electron chi connectivity index (χ2n) is 6.52. The third kappa shape index (κ3) is 3.80. The number of esters is 1. The number of fused-ring (bicyclic) bond motifs is 1. The molecule has 5 nitrogen and oxygen atoms in total. The maximum atomic E-state index is 13.8. The van der Waals surface area contributed by atoms with E-state index in [1.165, 1.54) is 48.7 Å². The van der Waals surface area contributed by atoms with Gasteiger partial charge in [0.2, 0.25) is 11.2 Å². The minimum Gasteiger partial charge on any atom is -0.460 e. The fourth-order valence-electron chi connectivity index (χ4n) is 3.03. The van der Waals surface area contributed by atoms with Crippen molar-refractivity contribution in [2.75, 3.05) is 0 Å². The minimum absolute atomic E-state index is 0.0551. The summed E-state index contributed by atoms with van der Waals surface area (Å²) >= 11 is 0. The third-order valence-corrected chi connectivity index (χ3v) is 4.59. The first-order chi connectivity index (χ1) is 14.6. The maximum absolute atomic E-state index is 13.8. The van der Waals surface area contributed by atoms with Crippen LogP contribution in [0.3, 0.4) is 0 Å². The number of hydrogen-bond acceptors (Lipinski definition) is 5. The maximum Gasteiger partial charge on any atom is 0.346 e. The Morgan fingerprint density at radius 2 is 1.77 bits per heavy atom. The Kier molecular flexibility index (Phi) is 5.30. The number of para-hydroxylation sites is 1. The van der Waals surface area contributed by atoms with Gasteiger partial charge in [-0.3, -0.25) is 4.79 Å². The van der Waals surface area contributed by atoms with Gasteiger partial charge in [-0.2, -0.15) is 0 Å². The van der Waals surface area contributed by atoms with Crippen molar-refractivity contribution in [3.05, 3.63) is 100 Å². The molecule has 0 fully saturated rings. The van der Waals surface area contributed by atoms with Crippen molar-refractivity contribution in [1.82, 2.24) is 0 Å². The van der Waals surface area contributed by atoms with E-state index < -0.39 is 11.8 Å². The highest BCUT2D eigenvalue weighted by atomic mass is 19.1. The molecule has 0 atom stereocenters. The van der Waals surface area contributed by atoms with E-state index in [1.807, 2.05) is 25.1 Å². The molecule has 0 radical (unpaired) electrons. The molecule has 1 aromatic heterocycles. The van der Waals surface area contributed by atoms with Gasteiger partial charge in [-0.25, -0.2) is 9.18 Å². The normalized spacial score (nSPS) is 10.7. The van der Waals surface area contributed by atoms with Gasteiger partial charge in [0.1, 0.15) is 29.2 Å². The molecule has 1 heterocycles. The summed E-state index contributed by atoms with van der Waals surface area (Å²) in [5.41, 5.74) is 0.647. The van der Waals surface area contributed by atoms with Crippen LogP contribution < -0.4 is 14.9 Å². The Labute approximate surface area is 171 Å². The predicted octanol–water partition coefficient (Wildman–Crippen LogP) is 5.51. The first-order valence-electron chi connectivity index (χ1n) is 9.35. The van der Waals surface area contributed by atoms with Crippen LogP contribution in [-0.4, -0.2) is 5.97 Å². The number of aryl methyl sites for hydroxylation is 1. The van der Waals surface area contributed by atoms with E-state index in [4.69, 9.17) is 13.9 Å². The van der Waals surface area contributed by atoms with Crippen LogP contribution in [0.5, 0.6) is 17.2 Å². The molecule has 3 aromatic carbocycles. The van der Waals surface area contributed by atoms with Gasteiger partial charge in [0.15, 0.2) is 0 Å². The van der Waals surface area contributed by atoms with E-state index in [9.17, 15) is 14.0 Å². The zero-order valence-electron chi connectivity index (χ0n) is 16.1. The molecule has 0 saturated carbocycles. The molecular weight excluding hydrogens is 387 g/mol. The van der Waals surface area contributed by atoms with Gasteiger partial charge in [0.05, 0.1) is 10.9 Å². The van der Waals surface area contributed by atoms with E-state index >= 15 is 0 Å². The van der Waals surface area contributed by atoms with Crippen LogP contribution in [0.1, 0.15) is 22.8 Å². The van der Waals surface area contributed by atoms with Gasteiger partial charge < -0.3 is 13.9 Å². The molecule has 4 aromatic rings. The number of hydrogen-bond donors (Lipinski definition) is 0. The Hall–Kier alpha value is -3.93. The van der Waals surface area contributed by atoms with Crippen molar-refractivity contribution in [2.24, 2.45) is 0 Å². The highest BCUT2D eigenvalue weighted by molar-refractivity contribution is 5.92. The van der Waals surface area contributed by atoms with Crippen LogP contribution in [0.15, 0.2) is 82.2 Å². The number of ether oxygens (including phenoxy) is 2. The summed E-state index contributed by atoms with van der Waals surface area (Å²) in [7, 11) is 0. The molecule has 0 spiro atoms. The standard InChI is InChI=1S/C24H17FO5/c1-2-15-7-3-6-10-20(15)30-22-14-28-21-13-16(11-12-18(21)23(22)26)29-24(27)17-8-4-5-9-19(17)25/h3-14H,2H2,1H3. The van der Waals surface area contributed by atoms with E-state index in [-0.39, 0.29) is 33.5 Å². The van der Waals surface area contributed by atoms with Crippen LogP contribution in [0.25, 0.3) is 11.0 Å². The molecule has 0 unspecified atom stereocenters. The van der Waals surface area contributed by atoms with Crippen LogP contribution in [0.4, 0.5) is 4.39 Å². The van der Waals surface area contributed by atoms with Gasteiger partial charge in [-0.15, -0.1) is 0 Å². The molecule has 0 bridgehead atoms. The van der Waals surface area contributed by atoms with Crippen LogP contribution >= 0.6 is 0 Å². The average Bonchev–Trinajstić information content (AvgIpc) is 2.76. The van der Waals surface area contributed by atoms with Crippen molar-refractivity contribution in [3.8, 4) is 17.2 Å². The molecule has 0 N–H and O–H groups in total. The fourth-order valence-corrected chi connectivity index (χ4v) is 3.03. The lowest BCUT2D eigenvalue weighted by molar-refractivity contribution is 0.0730. The quantitative estimate of drug-likeness (QED) is 0.324. The van der Waals surface area contributed by atoms with Gasteiger partial charge in [0, 0.05) is 6.07 Å². The minimum atomic E-state index is -0.842. The second-order valence-corrected chi connectivity index (χ2v) is 6.52.